The van der Waals surface area contributed by atoms with Gasteiger partial charge in [0, 0.05) is 14.1 Å². The Bertz CT molecular complexity index is 451. The molecule has 0 aliphatic heterocycles. The monoisotopic (exact) mass is 263 g/mol. The fourth-order valence-corrected chi connectivity index (χ4v) is 2.39. The van der Waals surface area contributed by atoms with E-state index < -0.39 is 0 Å². The number of carbonyl (C=O) groups excluding carboxylic acids is 1. The van der Waals surface area contributed by atoms with Crippen molar-refractivity contribution in [2.45, 2.75) is 38.2 Å². The number of phenols is 1. The molecular weight excluding hydrogens is 242 g/mol. The van der Waals surface area contributed by atoms with Crippen molar-refractivity contribution in [3.05, 3.63) is 23.8 Å². The van der Waals surface area contributed by atoms with Gasteiger partial charge < -0.3 is 14.7 Å². The van der Waals surface area contributed by atoms with E-state index in [0.29, 0.717) is 11.3 Å². The number of hydrogen-bond acceptors (Lipinski definition) is 3. The Hall–Kier alpha value is -1.71. The van der Waals surface area contributed by atoms with Gasteiger partial charge in [0.15, 0.2) is 0 Å². The molecule has 1 aliphatic carbocycles. The standard InChI is InChI=1S/C15H21NO3/c1-16(2)15(18)13-10-11(17)8-9-14(13)19-12-6-4-3-5-7-12/h8-10,12,17H,3-7H2,1-2H3. The van der Waals surface area contributed by atoms with E-state index in [1.807, 2.05) is 0 Å². The van der Waals surface area contributed by atoms with Crippen LogP contribution >= 0.6 is 0 Å². The summed E-state index contributed by atoms with van der Waals surface area (Å²) in [5.41, 5.74) is 0.426. The second-order valence-electron chi connectivity index (χ2n) is 5.26. The lowest BCUT2D eigenvalue weighted by Crippen LogP contribution is -2.25. The van der Waals surface area contributed by atoms with E-state index in [1.54, 1.807) is 26.2 Å². The molecule has 1 saturated carbocycles. The smallest absolute Gasteiger partial charge is 0.257 e. The molecule has 19 heavy (non-hydrogen) atoms. The fourth-order valence-electron chi connectivity index (χ4n) is 2.39. The van der Waals surface area contributed by atoms with Crippen LogP contribution in [-0.4, -0.2) is 36.1 Å². The molecule has 1 fully saturated rings. The SMILES string of the molecule is CN(C)C(=O)c1cc(O)ccc1OC1CCCCC1. The van der Waals surface area contributed by atoms with Crippen LogP contribution in [0.2, 0.25) is 0 Å². The molecule has 0 atom stereocenters. The molecular formula is C15H21NO3. The van der Waals surface area contributed by atoms with Crippen molar-refractivity contribution >= 4 is 5.91 Å². The van der Waals surface area contributed by atoms with Gasteiger partial charge in [0.2, 0.25) is 0 Å². The van der Waals surface area contributed by atoms with Gasteiger partial charge in [0.1, 0.15) is 11.5 Å². The average Bonchev–Trinajstić information content (AvgIpc) is 2.41. The number of carbonyl (C=O) groups is 1. The lowest BCUT2D eigenvalue weighted by molar-refractivity contribution is 0.0815. The minimum Gasteiger partial charge on any atom is -0.508 e. The van der Waals surface area contributed by atoms with Crippen molar-refractivity contribution in [3.63, 3.8) is 0 Å². The largest absolute Gasteiger partial charge is 0.508 e. The zero-order chi connectivity index (χ0) is 13.8. The maximum absolute atomic E-state index is 12.1. The molecule has 0 bridgehead atoms. The minimum atomic E-state index is -0.151. The van der Waals surface area contributed by atoms with Crippen molar-refractivity contribution in [1.82, 2.24) is 4.90 Å². The van der Waals surface area contributed by atoms with Crippen LogP contribution in [0.25, 0.3) is 0 Å². The Morgan fingerprint density at radius 1 is 1.26 bits per heavy atom. The van der Waals surface area contributed by atoms with E-state index in [4.69, 9.17) is 4.74 Å². The van der Waals surface area contributed by atoms with Crippen LogP contribution in [0, 0.1) is 0 Å². The molecule has 0 heterocycles. The van der Waals surface area contributed by atoms with Gasteiger partial charge in [0.25, 0.3) is 5.91 Å². The molecule has 104 valence electrons. The molecule has 2 rings (SSSR count). The first-order chi connectivity index (χ1) is 9.08. The molecule has 0 aromatic heterocycles. The highest BCUT2D eigenvalue weighted by molar-refractivity contribution is 5.97. The summed E-state index contributed by atoms with van der Waals surface area (Å²) in [5, 5.41) is 9.55. The number of nitrogens with zero attached hydrogens (tertiary/aromatic N) is 1. The molecule has 1 amide bonds. The maximum Gasteiger partial charge on any atom is 0.257 e. The second-order valence-corrected chi connectivity index (χ2v) is 5.26. The first-order valence-electron chi connectivity index (χ1n) is 6.79. The Balaban J connectivity index is 2.21. The van der Waals surface area contributed by atoms with E-state index in [-0.39, 0.29) is 17.8 Å². The molecule has 1 aromatic carbocycles. The third kappa shape index (κ3) is 3.40. The van der Waals surface area contributed by atoms with Crippen LogP contribution in [0.1, 0.15) is 42.5 Å². The Kier molecular flexibility index (Phi) is 4.30. The number of rotatable bonds is 3. The molecule has 0 radical (unpaired) electrons. The molecule has 4 heteroatoms. The number of benzene rings is 1. The van der Waals surface area contributed by atoms with E-state index in [0.717, 1.165) is 12.8 Å². The summed E-state index contributed by atoms with van der Waals surface area (Å²) in [7, 11) is 3.38. The Morgan fingerprint density at radius 3 is 2.58 bits per heavy atom. The van der Waals surface area contributed by atoms with Crippen molar-refractivity contribution < 1.29 is 14.6 Å². The first kappa shape index (κ1) is 13.7. The van der Waals surface area contributed by atoms with Crippen LogP contribution in [0.4, 0.5) is 0 Å². The van der Waals surface area contributed by atoms with Crippen molar-refractivity contribution in [2.75, 3.05) is 14.1 Å². The van der Waals surface area contributed by atoms with Crippen LogP contribution in [0.15, 0.2) is 18.2 Å². The summed E-state index contributed by atoms with van der Waals surface area (Å²) >= 11 is 0. The van der Waals surface area contributed by atoms with Gasteiger partial charge >= 0.3 is 0 Å². The molecule has 4 nitrogen and oxygen atoms in total. The first-order valence-corrected chi connectivity index (χ1v) is 6.79. The highest BCUT2D eigenvalue weighted by Crippen LogP contribution is 2.29. The zero-order valence-corrected chi connectivity index (χ0v) is 11.6. The van der Waals surface area contributed by atoms with E-state index in [9.17, 15) is 9.90 Å². The summed E-state index contributed by atoms with van der Waals surface area (Å²) in [4.78, 5) is 13.6. The van der Waals surface area contributed by atoms with Crippen LogP contribution in [-0.2, 0) is 0 Å². The fraction of sp³-hybridized carbons (Fsp3) is 0.533. The molecule has 0 saturated heterocycles. The number of ether oxygens (including phenoxy) is 1. The summed E-state index contributed by atoms with van der Waals surface area (Å²) in [6, 6.07) is 4.71. The zero-order valence-electron chi connectivity index (χ0n) is 11.6. The van der Waals surface area contributed by atoms with Crippen LogP contribution in [0.3, 0.4) is 0 Å². The van der Waals surface area contributed by atoms with Crippen molar-refractivity contribution in [3.8, 4) is 11.5 Å². The van der Waals surface area contributed by atoms with Gasteiger partial charge in [-0.05, 0) is 43.9 Å². The molecule has 0 unspecified atom stereocenters. The van der Waals surface area contributed by atoms with Gasteiger partial charge in [-0.1, -0.05) is 6.42 Å². The highest BCUT2D eigenvalue weighted by Gasteiger charge is 2.20. The minimum absolute atomic E-state index is 0.0844. The normalized spacial score (nSPS) is 16.1. The van der Waals surface area contributed by atoms with Crippen LogP contribution < -0.4 is 4.74 Å². The predicted octanol–water partition coefficient (Wildman–Crippen LogP) is 2.81. The third-order valence-corrected chi connectivity index (χ3v) is 3.45. The molecule has 0 spiro atoms. The van der Waals surface area contributed by atoms with Gasteiger partial charge in [-0.15, -0.1) is 0 Å². The lowest BCUT2D eigenvalue weighted by Gasteiger charge is -2.24. The highest BCUT2D eigenvalue weighted by atomic mass is 16.5. The second kappa shape index (κ2) is 5.95. The molecule has 1 aromatic rings. The number of amides is 1. The number of phenolic OH excluding ortho intramolecular Hbond substituents is 1. The third-order valence-electron chi connectivity index (χ3n) is 3.45. The van der Waals surface area contributed by atoms with Crippen molar-refractivity contribution in [2.24, 2.45) is 0 Å². The van der Waals surface area contributed by atoms with Crippen molar-refractivity contribution in [1.29, 1.82) is 0 Å². The van der Waals surface area contributed by atoms with Gasteiger partial charge in [-0.2, -0.15) is 0 Å². The Morgan fingerprint density at radius 2 is 1.95 bits per heavy atom. The summed E-state index contributed by atoms with van der Waals surface area (Å²) in [6.07, 6.45) is 5.89. The summed E-state index contributed by atoms with van der Waals surface area (Å²) < 4.78 is 5.95. The average molecular weight is 263 g/mol. The van der Waals surface area contributed by atoms with Gasteiger partial charge in [-0.25, -0.2) is 0 Å². The number of aromatic hydroxyl groups is 1. The topological polar surface area (TPSA) is 49.8 Å². The summed E-state index contributed by atoms with van der Waals surface area (Å²) in [5.74, 6) is 0.506. The molecule has 1 N–H and O–H groups in total. The summed E-state index contributed by atoms with van der Waals surface area (Å²) in [6.45, 7) is 0. The van der Waals surface area contributed by atoms with E-state index in [1.165, 1.54) is 30.2 Å². The predicted molar refractivity (Wildman–Crippen MR) is 73.6 cm³/mol. The van der Waals surface area contributed by atoms with E-state index >= 15 is 0 Å². The maximum atomic E-state index is 12.1. The quantitative estimate of drug-likeness (QED) is 0.912. The molecule has 1 aliphatic rings. The van der Waals surface area contributed by atoms with Gasteiger partial charge in [-0.3, -0.25) is 4.79 Å². The van der Waals surface area contributed by atoms with Crippen LogP contribution in [0.5, 0.6) is 11.5 Å². The van der Waals surface area contributed by atoms with Gasteiger partial charge in [0.05, 0.1) is 11.7 Å². The lowest BCUT2D eigenvalue weighted by atomic mass is 9.97. The Labute approximate surface area is 114 Å². The number of hydrogen-bond donors (Lipinski definition) is 1. The van der Waals surface area contributed by atoms with E-state index in [2.05, 4.69) is 0 Å².